The first-order chi connectivity index (χ1) is 18.9. The fraction of sp³-hybridized carbons (Fsp3) is 0.609. The van der Waals surface area contributed by atoms with E-state index >= 15 is 0 Å². The maximum absolute atomic E-state index is 14.9. The van der Waals surface area contributed by atoms with Gasteiger partial charge in [0.25, 0.3) is 5.92 Å². The van der Waals surface area contributed by atoms with Gasteiger partial charge in [0.1, 0.15) is 6.04 Å². The highest BCUT2D eigenvalue weighted by atomic mass is 19.4. The summed E-state index contributed by atoms with van der Waals surface area (Å²) in [6.45, 7) is 1.95. The molecule has 2 aliphatic heterocycles. The van der Waals surface area contributed by atoms with Crippen LogP contribution >= 0.6 is 0 Å². The van der Waals surface area contributed by atoms with E-state index in [-0.39, 0.29) is 62.5 Å². The number of alkyl halides is 5. The molecule has 2 aromatic heterocycles. The Balaban J connectivity index is 1.43. The van der Waals surface area contributed by atoms with Crippen molar-refractivity contribution in [2.45, 2.75) is 49.9 Å². The van der Waals surface area contributed by atoms with Crippen LogP contribution in [0.2, 0.25) is 0 Å². The van der Waals surface area contributed by atoms with Gasteiger partial charge in [-0.1, -0.05) is 0 Å². The summed E-state index contributed by atoms with van der Waals surface area (Å²) in [5.41, 5.74) is -0.122. The fourth-order valence-electron chi connectivity index (χ4n) is 4.40. The third-order valence-electron chi connectivity index (χ3n) is 6.79. The fourth-order valence-corrected chi connectivity index (χ4v) is 4.40. The number of hydroxylamine groups is 1. The number of carbonyl (C=O) groups excluding carboxylic acids is 1. The van der Waals surface area contributed by atoms with Crippen LogP contribution in [0.15, 0.2) is 24.7 Å². The van der Waals surface area contributed by atoms with Crippen molar-refractivity contribution in [1.29, 1.82) is 0 Å². The number of anilines is 2. The lowest BCUT2D eigenvalue weighted by atomic mass is 9.89. The number of aromatic nitrogens is 4. The molecule has 0 aliphatic carbocycles. The molecule has 17 heteroatoms. The van der Waals surface area contributed by atoms with Gasteiger partial charge in [0.05, 0.1) is 19.0 Å². The normalized spacial score (nSPS) is 20.5. The van der Waals surface area contributed by atoms with E-state index < -0.39 is 36.1 Å². The van der Waals surface area contributed by atoms with Crippen molar-refractivity contribution in [3.63, 3.8) is 0 Å². The molecule has 220 valence electrons. The first-order valence-corrected chi connectivity index (χ1v) is 12.6. The van der Waals surface area contributed by atoms with Crippen LogP contribution in [0.5, 0.6) is 11.8 Å². The van der Waals surface area contributed by atoms with Gasteiger partial charge < -0.3 is 24.7 Å². The van der Waals surface area contributed by atoms with E-state index in [9.17, 15) is 26.7 Å². The quantitative estimate of drug-likeness (QED) is 0.319. The van der Waals surface area contributed by atoms with E-state index in [0.717, 1.165) is 4.90 Å². The van der Waals surface area contributed by atoms with E-state index in [0.29, 0.717) is 6.61 Å². The first kappa shape index (κ1) is 29.4. The van der Waals surface area contributed by atoms with Crippen molar-refractivity contribution >= 4 is 17.8 Å². The molecule has 2 saturated heterocycles. The lowest BCUT2D eigenvalue weighted by molar-refractivity contribution is -0.224. The second-order valence-corrected chi connectivity index (χ2v) is 9.42. The van der Waals surface area contributed by atoms with E-state index in [1.807, 2.05) is 0 Å². The van der Waals surface area contributed by atoms with Gasteiger partial charge in [0, 0.05) is 38.8 Å². The van der Waals surface area contributed by atoms with Crippen LogP contribution < -0.4 is 30.6 Å². The van der Waals surface area contributed by atoms with Crippen LogP contribution in [0.25, 0.3) is 0 Å². The van der Waals surface area contributed by atoms with Crippen LogP contribution in [-0.2, 0) is 0 Å². The van der Waals surface area contributed by atoms with Crippen molar-refractivity contribution < 1.29 is 36.3 Å². The molecule has 40 heavy (non-hydrogen) atoms. The number of amides is 2. The lowest BCUT2D eigenvalue weighted by Crippen LogP contribution is -2.62. The van der Waals surface area contributed by atoms with Gasteiger partial charge >= 0.3 is 12.2 Å². The standard InChI is InChI=1S/C23H30F5N9O3/c1-3-39-18-13-31-16(12-32-18)33-20(38)36(2)15-14-37(11-7-22(15,24)25)19-30-8-4-17(34-19)40-35-21(23(26,27)28)5-9-29-10-6-21/h4,8,12-13,15,29,35H,3,5-7,9-11,14H2,1-2H3,(H,31,33,38). The number of piperidine rings is 2. The Kier molecular flexibility index (Phi) is 8.72. The maximum atomic E-state index is 14.9. The van der Waals surface area contributed by atoms with Gasteiger partial charge in [-0.25, -0.2) is 28.5 Å². The Morgan fingerprint density at radius 1 is 1.18 bits per heavy atom. The molecule has 4 heterocycles. The molecule has 2 fully saturated rings. The zero-order valence-corrected chi connectivity index (χ0v) is 21.8. The van der Waals surface area contributed by atoms with Crippen molar-refractivity contribution in [2.75, 3.05) is 50.1 Å². The largest absolute Gasteiger partial charge is 0.477 e. The summed E-state index contributed by atoms with van der Waals surface area (Å²) in [5, 5.41) is 5.30. The molecule has 3 N–H and O–H groups in total. The van der Waals surface area contributed by atoms with Crippen LogP contribution in [0.4, 0.5) is 38.5 Å². The van der Waals surface area contributed by atoms with Crippen molar-refractivity contribution in [2.24, 2.45) is 0 Å². The van der Waals surface area contributed by atoms with E-state index in [1.165, 1.54) is 36.6 Å². The lowest BCUT2D eigenvalue weighted by Gasteiger charge is -2.42. The number of hydrogen-bond donors (Lipinski definition) is 3. The van der Waals surface area contributed by atoms with Gasteiger partial charge in [-0.3, -0.25) is 5.32 Å². The van der Waals surface area contributed by atoms with Crippen molar-refractivity contribution in [1.82, 2.24) is 35.6 Å². The highest BCUT2D eigenvalue weighted by Gasteiger charge is 2.56. The number of rotatable bonds is 8. The minimum atomic E-state index is -4.57. The Morgan fingerprint density at radius 2 is 1.93 bits per heavy atom. The smallest absolute Gasteiger partial charge is 0.409 e. The second-order valence-electron chi connectivity index (χ2n) is 9.42. The number of urea groups is 1. The number of ether oxygens (including phenoxy) is 1. The van der Waals surface area contributed by atoms with Gasteiger partial charge in [-0.15, -0.1) is 5.48 Å². The van der Waals surface area contributed by atoms with Crippen molar-refractivity contribution in [3.05, 3.63) is 24.7 Å². The number of nitrogens with zero attached hydrogens (tertiary/aromatic N) is 6. The molecule has 12 nitrogen and oxygen atoms in total. The predicted molar refractivity (Wildman–Crippen MR) is 132 cm³/mol. The molecule has 0 bridgehead atoms. The third-order valence-corrected chi connectivity index (χ3v) is 6.79. The molecule has 2 aromatic rings. The zero-order chi connectivity index (χ0) is 29.0. The number of nitrogens with one attached hydrogen (secondary N) is 3. The average Bonchev–Trinajstić information content (AvgIpc) is 2.93. The summed E-state index contributed by atoms with van der Waals surface area (Å²) < 4.78 is 76.4. The number of likely N-dealkylation sites (N-methyl/N-ethyl adjacent to an activating group) is 1. The Morgan fingerprint density at radius 3 is 2.58 bits per heavy atom. The van der Waals surface area contributed by atoms with Crippen molar-refractivity contribution in [3.8, 4) is 11.8 Å². The molecule has 1 atom stereocenters. The Bertz CT molecular complexity index is 1150. The number of halogens is 5. The van der Waals surface area contributed by atoms with Crippen LogP contribution in [-0.4, -0.2) is 94.4 Å². The van der Waals surface area contributed by atoms with E-state index in [1.54, 1.807) is 6.92 Å². The monoisotopic (exact) mass is 575 g/mol. The van der Waals surface area contributed by atoms with Gasteiger partial charge in [0.2, 0.25) is 17.7 Å². The summed E-state index contributed by atoms with van der Waals surface area (Å²) in [4.78, 5) is 36.4. The molecule has 0 saturated carbocycles. The molecule has 1 unspecified atom stereocenters. The molecular formula is C23H30F5N9O3. The van der Waals surface area contributed by atoms with Gasteiger partial charge in [-0.05, 0) is 32.9 Å². The molecule has 2 aliphatic rings. The minimum Gasteiger partial charge on any atom is -0.477 e. The van der Waals surface area contributed by atoms with E-state index in [4.69, 9.17) is 9.57 Å². The first-order valence-electron chi connectivity index (χ1n) is 12.6. The van der Waals surface area contributed by atoms with Crippen LogP contribution in [0, 0.1) is 0 Å². The van der Waals surface area contributed by atoms with E-state index in [2.05, 4.69) is 36.0 Å². The maximum Gasteiger partial charge on any atom is 0.409 e. The summed E-state index contributed by atoms with van der Waals surface area (Å²) in [7, 11) is 1.22. The molecule has 4 rings (SSSR count). The number of hydrogen-bond acceptors (Lipinski definition) is 10. The Hall–Kier alpha value is -3.60. The molecule has 0 spiro atoms. The SMILES string of the molecule is CCOc1cnc(NC(=O)N(C)C2CN(c3nccc(ONC4(C(F)(F)F)CCNCC4)n3)CCC2(F)F)cn1. The topological polar surface area (TPSA) is 130 Å². The summed E-state index contributed by atoms with van der Waals surface area (Å²) in [5.74, 6) is -3.19. The molecular weight excluding hydrogens is 545 g/mol. The average molecular weight is 576 g/mol. The minimum absolute atomic E-state index is 0.0302. The predicted octanol–water partition coefficient (Wildman–Crippen LogP) is 2.61. The molecule has 2 amide bonds. The van der Waals surface area contributed by atoms with Crippen LogP contribution in [0.1, 0.15) is 26.2 Å². The summed E-state index contributed by atoms with van der Waals surface area (Å²) in [6, 6.07) is -1.16. The highest BCUT2D eigenvalue weighted by molar-refractivity contribution is 5.88. The Labute approximate surface area is 226 Å². The third kappa shape index (κ3) is 6.57. The zero-order valence-electron chi connectivity index (χ0n) is 21.8. The van der Waals surface area contributed by atoms with Crippen LogP contribution in [0.3, 0.4) is 0 Å². The van der Waals surface area contributed by atoms with Gasteiger partial charge in [0.15, 0.2) is 11.4 Å². The number of carbonyl (C=O) groups is 1. The van der Waals surface area contributed by atoms with Gasteiger partial charge in [-0.2, -0.15) is 18.2 Å². The molecule has 0 radical (unpaired) electrons. The second kappa shape index (κ2) is 11.9. The summed E-state index contributed by atoms with van der Waals surface area (Å²) in [6.07, 6.45) is -1.89. The highest BCUT2D eigenvalue weighted by Crippen LogP contribution is 2.37. The summed E-state index contributed by atoms with van der Waals surface area (Å²) >= 11 is 0. The molecule has 0 aromatic carbocycles.